The van der Waals surface area contributed by atoms with Gasteiger partial charge in [0.1, 0.15) is 0 Å². The lowest BCUT2D eigenvalue weighted by Gasteiger charge is -2.21. The lowest BCUT2D eigenvalue weighted by molar-refractivity contribution is 0.124. The zero-order chi connectivity index (χ0) is 13.7. The van der Waals surface area contributed by atoms with Crippen molar-refractivity contribution in [2.75, 3.05) is 13.6 Å². The van der Waals surface area contributed by atoms with Crippen molar-refractivity contribution in [2.45, 2.75) is 12.6 Å². The van der Waals surface area contributed by atoms with Crippen LogP contribution in [0.3, 0.4) is 0 Å². The summed E-state index contributed by atoms with van der Waals surface area (Å²) in [6.45, 7) is 1.48. The van der Waals surface area contributed by atoms with E-state index in [0.717, 1.165) is 12.1 Å². The monoisotopic (exact) mass is 367 g/mol. The van der Waals surface area contributed by atoms with Crippen molar-refractivity contribution in [3.05, 3.63) is 69.3 Å². The van der Waals surface area contributed by atoms with Crippen molar-refractivity contribution in [3.63, 3.8) is 0 Å². The molecule has 1 unspecified atom stereocenters. The first kappa shape index (κ1) is 14.5. The summed E-state index contributed by atoms with van der Waals surface area (Å²) in [7, 11) is 2.03. The molecule has 2 aromatic carbocycles. The molecule has 0 aliphatic carbocycles. The molecule has 0 fully saturated rings. The molecule has 19 heavy (non-hydrogen) atoms. The number of hydrogen-bond donors (Lipinski definition) is 1. The molecule has 1 atom stereocenters. The fourth-order valence-corrected chi connectivity index (χ4v) is 2.40. The molecule has 3 heteroatoms. The van der Waals surface area contributed by atoms with E-state index in [2.05, 4.69) is 39.6 Å². The molecule has 0 aliphatic heterocycles. The van der Waals surface area contributed by atoms with Gasteiger partial charge < -0.3 is 5.11 Å². The van der Waals surface area contributed by atoms with Crippen molar-refractivity contribution >= 4 is 22.6 Å². The summed E-state index contributed by atoms with van der Waals surface area (Å²) in [5.41, 5.74) is 2.24. The highest BCUT2D eigenvalue weighted by Crippen LogP contribution is 2.16. The SMILES string of the molecule is CN(Cc1ccccc1)CC(O)c1ccc(I)cc1. The molecule has 0 saturated heterocycles. The summed E-state index contributed by atoms with van der Waals surface area (Å²) >= 11 is 2.27. The fraction of sp³-hybridized carbons (Fsp3) is 0.250. The molecule has 2 aromatic rings. The second kappa shape index (κ2) is 7.03. The molecular weight excluding hydrogens is 349 g/mol. The molecule has 0 aliphatic rings. The molecule has 2 rings (SSSR count). The second-order valence-corrected chi connectivity index (χ2v) is 6.00. The van der Waals surface area contributed by atoms with Gasteiger partial charge in [-0.15, -0.1) is 0 Å². The molecule has 0 radical (unpaired) electrons. The second-order valence-electron chi connectivity index (χ2n) is 4.75. The van der Waals surface area contributed by atoms with Crippen LogP contribution in [-0.2, 0) is 6.54 Å². The van der Waals surface area contributed by atoms with Crippen LogP contribution in [0.1, 0.15) is 17.2 Å². The number of likely N-dealkylation sites (N-methyl/N-ethyl adjacent to an activating group) is 1. The van der Waals surface area contributed by atoms with Crippen LogP contribution >= 0.6 is 22.6 Å². The van der Waals surface area contributed by atoms with Gasteiger partial charge in [-0.3, -0.25) is 4.90 Å². The Morgan fingerprint density at radius 1 is 1.05 bits per heavy atom. The van der Waals surface area contributed by atoms with Crippen LogP contribution in [0.4, 0.5) is 0 Å². The van der Waals surface area contributed by atoms with Crippen LogP contribution in [0.2, 0.25) is 0 Å². The third kappa shape index (κ3) is 4.60. The van der Waals surface area contributed by atoms with Crippen LogP contribution < -0.4 is 0 Å². The van der Waals surface area contributed by atoms with Gasteiger partial charge in [-0.2, -0.15) is 0 Å². The Hall–Kier alpha value is -0.910. The Balaban J connectivity index is 1.91. The van der Waals surface area contributed by atoms with E-state index < -0.39 is 6.10 Å². The first-order chi connectivity index (χ1) is 9.15. The van der Waals surface area contributed by atoms with Crippen molar-refractivity contribution in [1.29, 1.82) is 0 Å². The maximum atomic E-state index is 10.2. The van der Waals surface area contributed by atoms with E-state index in [9.17, 15) is 5.11 Å². The first-order valence-electron chi connectivity index (χ1n) is 6.31. The Morgan fingerprint density at radius 2 is 1.68 bits per heavy atom. The number of hydrogen-bond acceptors (Lipinski definition) is 2. The molecule has 1 N–H and O–H groups in total. The smallest absolute Gasteiger partial charge is 0.0916 e. The van der Waals surface area contributed by atoms with Crippen LogP contribution in [-0.4, -0.2) is 23.6 Å². The molecule has 0 spiro atoms. The Morgan fingerprint density at radius 3 is 2.32 bits per heavy atom. The quantitative estimate of drug-likeness (QED) is 0.819. The van der Waals surface area contributed by atoms with E-state index in [1.165, 1.54) is 9.13 Å². The normalized spacial score (nSPS) is 12.6. The summed E-state index contributed by atoms with van der Waals surface area (Å²) < 4.78 is 1.19. The minimum Gasteiger partial charge on any atom is -0.387 e. The van der Waals surface area contributed by atoms with Crippen LogP contribution in [0.25, 0.3) is 0 Å². The van der Waals surface area contributed by atoms with E-state index in [0.29, 0.717) is 6.54 Å². The van der Waals surface area contributed by atoms with Gasteiger partial charge in [0, 0.05) is 16.7 Å². The van der Waals surface area contributed by atoms with Gasteiger partial charge in [-0.25, -0.2) is 0 Å². The predicted octanol–water partition coefficient (Wildman–Crippen LogP) is 3.46. The summed E-state index contributed by atoms with van der Waals surface area (Å²) in [4.78, 5) is 2.14. The summed E-state index contributed by atoms with van der Waals surface area (Å²) in [6.07, 6.45) is -0.439. The third-order valence-corrected chi connectivity index (χ3v) is 3.75. The largest absolute Gasteiger partial charge is 0.387 e. The average Bonchev–Trinajstić information content (AvgIpc) is 2.40. The zero-order valence-electron chi connectivity index (χ0n) is 11.0. The maximum Gasteiger partial charge on any atom is 0.0916 e. The van der Waals surface area contributed by atoms with E-state index in [-0.39, 0.29) is 0 Å². The first-order valence-corrected chi connectivity index (χ1v) is 7.39. The number of aliphatic hydroxyl groups excluding tert-OH is 1. The number of benzene rings is 2. The lowest BCUT2D eigenvalue weighted by atomic mass is 10.1. The molecule has 0 amide bonds. The van der Waals surface area contributed by atoms with Gasteiger partial charge in [0.2, 0.25) is 0 Å². The minimum absolute atomic E-state index is 0.439. The summed E-state index contributed by atoms with van der Waals surface area (Å²) in [5, 5.41) is 10.2. The highest BCUT2D eigenvalue weighted by atomic mass is 127. The van der Waals surface area contributed by atoms with Crippen molar-refractivity contribution in [2.24, 2.45) is 0 Å². The van der Waals surface area contributed by atoms with Gasteiger partial charge in [-0.05, 0) is 52.9 Å². The van der Waals surface area contributed by atoms with E-state index in [4.69, 9.17) is 0 Å². The van der Waals surface area contributed by atoms with Crippen LogP contribution in [0, 0.1) is 3.57 Å². The molecule has 0 bridgehead atoms. The van der Waals surface area contributed by atoms with E-state index >= 15 is 0 Å². The van der Waals surface area contributed by atoms with Crippen LogP contribution in [0.15, 0.2) is 54.6 Å². The number of rotatable bonds is 5. The van der Waals surface area contributed by atoms with Crippen molar-refractivity contribution in [1.82, 2.24) is 4.90 Å². The Kier molecular flexibility index (Phi) is 5.36. The number of nitrogens with zero attached hydrogens (tertiary/aromatic N) is 1. The van der Waals surface area contributed by atoms with Gasteiger partial charge >= 0.3 is 0 Å². The Bertz CT molecular complexity index is 498. The molecule has 100 valence electrons. The van der Waals surface area contributed by atoms with Gasteiger partial charge in [0.15, 0.2) is 0 Å². The molecule has 2 nitrogen and oxygen atoms in total. The molecule has 0 saturated carbocycles. The predicted molar refractivity (Wildman–Crippen MR) is 86.9 cm³/mol. The number of halogens is 1. The average molecular weight is 367 g/mol. The third-order valence-electron chi connectivity index (χ3n) is 3.03. The minimum atomic E-state index is -0.439. The highest BCUT2D eigenvalue weighted by molar-refractivity contribution is 14.1. The molecule has 0 heterocycles. The summed E-state index contributed by atoms with van der Waals surface area (Å²) in [5.74, 6) is 0. The topological polar surface area (TPSA) is 23.5 Å². The van der Waals surface area contributed by atoms with E-state index in [1.807, 2.05) is 49.5 Å². The fourth-order valence-electron chi connectivity index (χ4n) is 2.05. The highest BCUT2D eigenvalue weighted by Gasteiger charge is 2.10. The lowest BCUT2D eigenvalue weighted by Crippen LogP contribution is -2.24. The standard InChI is InChI=1S/C16H18INO/c1-18(11-13-5-3-2-4-6-13)12-16(19)14-7-9-15(17)10-8-14/h2-10,16,19H,11-12H2,1H3. The van der Waals surface area contributed by atoms with Crippen molar-refractivity contribution < 1.29 is 5.11 Å². The number of aliphatic hydroxyl groups is 1. The Labute approximate surface area is 128 Å². The summed E-state index contributed by atoms with van der Waals surface area (Å²) in [6, 6.07) is 18.3. The maximum absolute atomic E-state index is 10.2. The van der Waals surface area contributed by atoms with Gasteiger partial charge in [0.05, 0.1) is 6.10 Å². The van der Waals surface area contributed by atoms with Gasteiger partial charge in [0.25, 0.3) is 0 Å². The molecule has 0 aromatic heterocycles. The van der Waals surface area contributed by atoms with E-state index in [1.54, 1.807) is 0 Å². The molecular formula is C16H18INO. The van der Waals surface area contributed by atoms with Crippen LogP contribution in [0.5, 0.6) is 0 Å². The van der Waals surface area contributed by atoms with Gasteiger partial charge in [-0.1, -0.05) is 42.5 Å². The zero-order valence-corrected chi connectivity index (χ0v) is 13.1. The van der Waals surface area contributed by atoms with Crippen molar-refractivity contribution in [3.8, 4) is 0 Å².